The zero-order valence-corrected chi connectivity index (χ0v) is 12.2. The van der Waals surface area contributed by atoms with Crippen LogP contribution in [0.5, 0.6) is 0 Å². The normalized spacial score (nSPS) is 10.6. The van der Waals surface area contributed by atoms with E-state index in [1.807, 2.05) is 18.2 Å². The fourth-order valence-corrected chi connectivity index (χ4v) is 3.02. The smallest absolute Gasteiger partial charge is 0.155 e. The molecule has 0 aliphatic heterocycles. The van der Waals surface area contributed by atoms with E-state index in [9.17, 15) is 0 Å². The molecular formula is C12H10BrN5S. The highest BCUT2D eigenvalue weighted by Crippen LogP contribution is 2.23. The quantitative estimate of drug-likeness (QED) is 0.795. The average molecular weight is 336 g/mol. The first-order valence-corrected chi connectivity index (χ1v) is 7.27. The zero-order valence-electron chi connectivity index (χ0n) is 9.82. The highest BCUT2D eigenvalue weighted by molar-refractivity contribution is 9.10. The topological polar surface area (TPSA) is 55.6 Å². The summed E-state index contributed by atoms with van der Waals surface area (Å²) >= 11 is 5.23. The Bertz CT molecular complexity index is 647. The van der Waals surface area contributed by atoms with E-state index in [-0.39, 0.29) is 0 Å². The number of halogens is 1. The van der Waals surface area contributed by atoms with Crippen molar-refractivity contribution < 1.29 is 0 Å². The molecule has 19 heavy (non-hydrogen) atoms. The van der Waals surface area contributed by atoms with E-state index in [1.165, 1.54) is 11.2 Å². The fraction of sp³-hybridized carbons (Fsp3) is 0.0833. The van der Waals surface area contributed by atoms with Crippen LogP contribution in [0.2, 0.25) is 0 Å². The minimum Gasteiger partial charge on any atom is -0.379 e. The van der Waals surface area contributed by atoms with Crippen molar-refractivity contribution in [3.05, 3.63) is 51.8 Å². The summed E-state index contributed by atoms with van der Waals surface area (Å²) in [6.45, 7) is 0.780. The summed E-state index contributed by atoms with van der Waals surface area (Å²) in [6, 6.07) is 5.93. The molecule has 7 heteroatoms. The van der Waals surface area contributed by atoms with Gasteiger partial charge in [0.1, 0.15) is 12.7 Å². The third kappa shape index (κ3) is 2.82. The highest BCUT2D eigenvalue weighted by atomic mass is 79.9. The lowest BCUT2D eigenvalue weighted by molar-refractivity contribution is 0.845. The minimum absolute atomic E-state index is 0.750. The van der Waals surface area contributed by atoms with Crippen LogP contribution in [0.25, 0.3) is 5.82 Å². The van der Waals surface area contributed by atoms with E-state index >= 15 is 0 Å². The van der Waals surface area contributed by atoms with Crippen molar-refractivity contribution in [2.75, 3.05) is 5.32 Å². The van der Waals surface area contributed by atoms with Crippen LogP contribution in [-0.2, 0) is 6.54 Å². The third-order valence-corrected chi connectivity index (χ3v) is 4.47. The maximum absolute atomic E-state index is 4.33. The summed E-state index contributed by atoms with van der Waals surface area (Å²) in [5, 5.41) is 9.43. The summed E-state index contributed by atoms with van der Waals surface area (Å²) in [5.74, 6) is 0.750. The predicted molar refractivity (Wildman–Crippen MR) is 78.5 cm³/mol. The monoisotopic (exact) mass is 335 g/mol. The minimum atomic E-state index is 0.750. The Morgan fingerprint density at radius 1 is 1.32 bits per heavy atom. The zero-order chi connectivity index (χ0) is 13.1. The van der Waals surface area contributed by atoms with Crippen molar-refractivity contribution in [1.29, 1.82) is 0 Å². The molecule has 0 saturated carbocycles. The number of aromatic nitrogens is 4. The van der Waals surface area contributed by atoms with Gasteiger partial charge in [0.25, 0.3) is 0 Å². The van der Waals surface area contributed by atoms with Crippen LogP contribution < -0.4 is 5.32 Å². The summed E-state index contributed by atoms with van der Waals surface area (Å²) in [5.41, 5.74) is 0.976. The van der Waals surface area contributed by atoms with Gasteiger partial charge in [0, 0.05) is 9.35 Å². The van der Waals surface area contributed by atoms with E-state index in [1.54, 1.807) is 28.5 Å². The first kappa shape index (κ1) is 12.3. The molecule has 0 aromatic carbocycles. The maximum Gasteiger partial charge on any atom is 0.155 e. The van der Waals surface area contributed by atoms with Crippen LogP contribution in [0.1, 0.15) is 4.88 Å². The van der Waals surface area contributed by atoms with Gasteiger partial charge in [0.2, 0.25) is 0 Å². The van der Waals surface area contributed by atoms with E-state index in [4.69, 9.17) is 0 Å². The molecule has 0 saturated heterocycles. The van der Waals surface area contributed by atoms with Crippen molar-refractivity contribution in [2.24, 2.45) is 0 Å². The van der Waals surface area contributed by atoms with Gasteiger partial charge in [-0.15, -0.1) is 11.3 Å². The van der Waals surface area contributed by atoms with Crippen LogP contribution in [0.15, 0.2) is 46.9 Å². The molecule has 0 radical (unpaired) electrons. The van der Waals surface area contributed by atoms with Crippen LogP contribution in [0.4, 0.5) is 5.69 Å². The van der Waals surface area contributed by atoms with E-state index in [2.05, 4.69) is 41.7 Å². The number of rotatable bonds is 4. The molecule has 0 atom stereocenters. The summed E-state index contributed by atoms with van der Waals surface area (Å²) in [4.78, 5) is 9.49. The molecule has 0 aliphatic carbocycles. The summed E-state index contributed by atoms with van der Waals surface area (Å²) < 4.78 is 2.76. The number of hydrogen-bond acceptors (Lipinski definition) is 5. The predicted octanol–water partition coefficient (Wildman–Crippen LogP) is 3.10. The summed E-state index contributed by atoms with van der Waals surface area (Å²) in [6.07, 6.45) is 4.90. The highest BCUT2D eigenvalue weighted by Gasteiger charge is 2.02. The van der Waals surface area contributed by atoms with Gasteiger partial charge in [-0.2, -0.15) is 5.10 Å². The van der Waals surface area contributed by atoms with Gasteiger partial charge < -0.3 is 5.32 Å². The Hall–Kier alpha value is -1.73. The number of nitrogens with one attached hydrogen (secondary N) is 1. The van der Waals surface area contributed by atoms with Gasteiger partial charge in [-0.1, -0.05) is 0 Å². The van der Waals surface area contributed by atoms with Gasteiger partial charge >= 0.3 is 0 Å². The molecule has 0 bridgehead atoms. The van der Waals surface area contributed by atoms with Crippen LogP contribution in [0, 0.1) is 0 Å². The van der Waals surface area contributed by atoms with Crippen LogP contribution in [0.3, 0.4) is 0 Å². The summed E-state index contributed by atoms with van der Waals surface area (Å²) in [7, 11) is 0. The molecule has 96 valence electrons. The Morgan fingerprint density at radius 2 is 2.26 bits per heavy atom. The molecule has 0 amide bonds. The van der Waals surface area contributed by atoms with Crippen LogP contribution >= 0.6 is 27.3 Å². The van der Waals surface area contributed by atoms with Gasteiger partial charge in [-0.05, 0) is 39.5 Å². The third-order valence-electron chi connectivity index (χ3n) is 2.55. The Kier molecular flexibility index (Phi) is 3.56. The SMILES string of the molecule is Brc1ccsc1CNc1ccc(-n2cncn2)nc1. The number of pyridine rings is 1. The molecule has 1 N–H and O–H groups in total. The van der Waals surface area contributed by atoms with Gasteiger partial charge in [-0.3, -0.25) is 0 Å². The van der Waals surface area contributed by atoms with Crippen molar-refractivity contribution in [2.45, 2.75) is 6.54 Å². The number of nitrogens with zero attached hydrogens (tertiary/aromatic N) is 4. The van der Waals surface area contributed by atoms with E-state index < -0.39 is 0 Å². The lowest BCUT2D eigenvalue weighted by Crippen LogP contribution is -2.01. The second-order valence-corrected chi connectivity index (χ2v) is 5.65. The molecule has 3 aromatic heterocycles. The van der Waals surface area contributed by atoms with E-state index in [0.717, 1.165) is 22.5 Å². The van der Waals surface area contributed by atoms with Gasteiger partial charge in [0.15, 0.2) is 5.82 Å². The molecular weight excluding hydrogens is 326 g/mol. The first-order valence-electron chi connectivity index (χ1n) is 5.60. The van der Waals surface area contributed by atoms with Crippen molar-refractivity contribution >= 4 is 33.0 Å². The standard InChI is InChI=1S/C12H10BrN5S/c13-10-3-4-19-11(10)6-15-9-1-2-12(16-5-9)18-8-14-7-17-18/h1-5,7-8,15H,6H2. The van der Waals surface area contributed by atoms with Crippen molar-refractivity contribution in [1.82, 2.24) is 19.7 Å². The van der Waals surface area contributed by atoms with Crippen LogP contribution in [-0.4, -0.2) is 19.7 Å². The molecule has 5 nitrogen and oxygen atoms in total. The Morgan fingerprint density at radius 3 is 2.89 bits per heavy atom. The second kappa shape index (κ2) is 5.50. The molecule has 3 heterocycles. The Labute approximate surface area is 122 Å². The molecule has 3 rings (SSSR count). The lowest BCUT2D eigenvalue weighted by atomic mass is 10.4. The number of hydrogen-bond donors (Lipinski definition) is 1. The van der Waals surface area contributed by atoms with Crippen molar-refractivity contribution in [3.63, 3.8) is 0 Å². The second-order valence-electron chi connectivity index (χ2n) is 3.79. The molecule has 0 fully saturated rings. The number of anilines is 1. The molecule has 0 spiro atoms. The van der Waals surface area contributed by atoms with E-state index in [0.29, 0.717) is 0 Å². The van der Waals surface area contributed by atoms with Gasteiger partial charge in [0.05, 0.1) is 18.4 Å². The largest absolute Gasteiger partial charge is 0.379 e. The van der Waals surface area contributed by atoms with Gasteiger partial charge in [-0.25, -0.2) is 14.6 Å². The first-order chi connectivity index (χ1) is 9.33. The van der Waals surface area contributed by atoms with Crippen molar-refractivity contribution in [3.8, 4) is 5.82 Å². The fourth-order valence-electron chi connectivity index (χ4n) is 1.59. The average Bonchev–Trinajstić information content (AvgIpc) is 3.09. The maximum atomic E-state index is 4.33. The lowest BCUT2D eigenvalue weighted by Gasteiger charge is -2.06. The molecule has 0 aliphatic rings. The number of thiophene rings is 1. The Balaban J connectivity index is 1.68. The molecule has 0 unspecified atom stereocenters. The molecule has 3 aromatic rings.